The summed E-state index contributed by atoms with van der Waals surface area (Å²) in [5.74, 6) is 0.846. The summed E-state index contributed by atoms with van der Waals surface area (Å²) in [6.07, 6.45) is 5.40. The Labute approximate surface area is 200 Å². The van der Waals surface area contributed by atoms with Crippen molar-refractivity contribution in [3.05, 3.63) is 70.6 Å². The van der Waals surface area contributed by atoms with Crippen molar-refractivity contribution >= 4 is 38.8 Å². The predicted octanol–water partition coefficient (Wildman–Crippen LogP) is 5.96. The van der Waals surface area contributed by atoms with Crippen LogP contribution in [0.25, 0.3) is 22.2 Å². The van der Waals surface area contributed by atoms with E-state index in [-0.39, 0.29) is 6.10 Å². The van der Waals surface area contributed by atoms with E-state index < -0.39 is 5.97 Å². The van der Waals surface area contributed by atoms with Crippen LogP contribution in [0.15, 0.2) is 59.5 Å². The van der Waals surface area contributed by atoms with Crippen molar-refractivity contribution in [1.82, 2.24) is 15.0 Å². The van der Waals surface area contributed by atoms with Gasteiger partial charge in [-0.1, -0.05) is 0 Å². The predicted molar refractivity (Wildman–Crippen MR) is 133 cm³/mol. The molecule has 8 heteroatoms. The number of aromatic nitrogens is 3. The number of rotatable bonds is 8. The molecule has 0 saturated heterocycles. The minimum absolute atomic E-state index is 0.0334. The molecule has 4 rings (SSSR count). The first-order chi connectivity index (χ1) is 15.9. The van der Waals surface area contributed by atoms with Gasteiger partial charge in [0.25, 0.3) is 0 Å². The lowest BCUT2D eigenvalue weighted by atomic mass is 10.0. The molecule has 0 spiro atoms. The summed E-state index contributed by atoms with van der Waals surface area (Å²) in [7, 11) is 0. The van der Waals surface area contributed by atoms with Gasteiger partial charge in [-0.3, -0.25) is 0 Å². The number of benzene rings is 1. The molecular weight excluding hydrogens is 484 g/mol. The van der Waals surface area contributed by atoms with Gasteiger partial charge in [0, 0.05) is 40.6 Å². The number of ether oxygens (including phenoxy) is 2. The second kappa shape index (κ2) is 10.0. The smallest absolute Gasteiger partial charge is 0.341 e. The molecule has 0 amide bonds. The summed E-state index contributed by atoms with van der Waals surface area (Å²) in [5.41, 5.74) is 4.24. The molecule has 7 nitrogen and oxygen atoms in total. The molecule has 0 fully saturated rings. The third-order valence-corrected chi connectivity index (χ3v) is 5.34. The third kappa shape index (κ3) is 5.34. The molecule has 0 bridgehead atoms. The van der Waals surface area contributed by atoms with E-state index in [1.165, 1.54) is 0 Å². The Morgan fingerprint density at radius 3 is 2.85 bits per heavy atom. The normalized spacial score (nSPS) is 11.1. The molecule has 2 N–H and O–H groups in total. The zero-order chi connectivity index (χ0) is 23.4. The van der Waals surface area contributed by atoms with Gasteiger partial charge in [0.2, 0.25) is 0 Å². The molecule has 33 heavy (non-hydrogen) atoms. The largest absolute Gasteiger partial charge is 0.491 e. The molecule has 0 saturated carbocycles. The number of esters is 1. The highest BCUT2D eigenvalue weighted by molar-refractivity contribution is 9.10. The standard InChI is InChI=1S/C25H25BrN4O3/c1-4-32-25(31)20-6-5-7-27-23(20)28-12-16-8-17(10-19(9-16)33-15(2)3)22-14-30-24-21(22)11-18(26)13-29-24/h5-11,13-15H,4,12H2,1-3H3,(H,27,28)(H,29,30). The molecule has 0 radical (unpaired) electrons. The van der Waals surface area contributed by atoms with Crippen molar-refractivity contribution in [3.63, 3.8) is 0 Å². The topological polar surface area (TPSA) is 89.1 Å². The van der Waals surface area contributed by atoms with Crippen molar-refractivity contribution in [1.29, 1.82) is 0 Å². The van der Waals surface area contributed by atoms with Crippen LogP contribution in [0.4, 0.5) is 5.82 Å². The monoisotopic (exact) mass is 508 g/mol. The SMILES string of the molecule is CCOC(=O)c1cccnc1NCc1cc(OC(C)C)cc(-c2c[nH]c3ncc(Br)cc23)c1. The van der Waals surface area contributed by atoms with Crippen molar-refractivity contribution < 1.29 is 14.3 Å². The second-order valence-electron chi connectivity index (χ2n) is 7.76. The Morgan fingerprint density at radius 1 is 1.21 bits per heavy atom. The number of hydrogen-bond acceptors (Lipinski definition) is 6. The maximum absolute atomic E-state index is 12.3. The molecular formula is C25H25BrN4O3. The van der Waals surface area contributed by atoms with Crippen LogP contribution in [0.2, 0.25) is 0 Å². The van der Waals surface area contributed by atoms with Crippen molar-refractivity contribution in [3.8, 4) is 16.9 Å². The highest BCUT2D eigenvalue weighted by atomic mass is 79.9. The van der Waals surface area contributed by atoms with E-state index >= 15 is 0 Å². The number of anilines is 1. The number of aromatic amines is 1. The molecule has 0 aliphatic rings. The van der Waals surface area contributed by atoms with Gasteiger partial charge in [-0.25, -0.2) is 14.8 Å². The lowest BCUT2D eigenvalue weighted by Gasteiger charge is -2.15. The zero-order valence-electron chi connectivity index (χ0n) is 18.7. The summed E-state index contributed by atoms with van der Waals surface area (Å²) in [6, 6.07) is 11.6. The van der Waals surface area contributed by atoms with Gasteiger partial charge < -0.3 is 19.8 Å². The van der Waals surface area contributed by atoms with Crippen LogP contribution >= 0.6 is 15.9 Å². The van der Waals surface area contributed by atoms with Gasteiger partial charge in [-0.2, -0.15) is 0 Å². The van der Waals surface area contributed by atoms with E-state index in [2.05, 4.69) is 42.3 Å². The minimum Gasteiger partial charge on any atom is -0.491 e. The molecule has 0 atom stereocenters. The Balaban J connectivity index is 1.68. The number of hydrogen-bond donors (Lipinski definition) is 2. The molecule has 0 aliphatic heterocycles. The van der Waals surface area contributed by atoms with Gasteiger partial charge in [-0.15, -0.1) is 0 Å². The number of carbonyl (C=O) groups is 1. The molecule has 1 aromatic carbocycles. The molecule has 3 aromatic heterocycles. The first-order valence-corrected chi connectivity index (χ1v) is 11.5. The molecule has 4 aromatic rings. The Bertz CT molecular complexity index is 1290. The van der Waals surface area contributed by atoms with Gasteiger partial charge in [0.15, 0.2) is 0 Å². The molecule has 170 valence electrons. The summed E-state index contributed by atoms with van der Waals surface area (Å²) < 4.78 is 12.1. The van der Waals surface area contributed by atoms with E-state index in [1.807, 2.05) is 38.2 Å². The summed E-state index contributed by atoms with van der Waals surface area (Å²) >= 11 is 3.51. The number of halogens is 1. The average molecular weight is 509 g/mol. The second-order valence-corrected chi connectivity index (χ2v) is 8.67. The first-order valence-electron chi connectivity index (χ1n) is 10.7. The van der Waals surface area contributed by atoms with Crippen LogP contribution in [0, 0.1) is 0 Å². The average Bonchev–Trinajstić information content (AvgIpc) is 3.20. The fourth-order valence-corrected chi connectivity index (χ4v) is 3.91. The molecule has 0 unspecified atom stereocenters. The van der Waals surface area contributed by atoms with Crippen LogP contribution in [0.5, 0.6) is 5.75 Å². The van der Waals surface area contributed by atoms with E-state index in [1.54, 1.807) is 31.5 Å². The van der Waals surface area contributed by atoms with Crippen LogP contribution in [0.3, 0.4) is 0 Å². The number of nitrogens with one attached hydrogen (secondary N) is 2. The van der Waals surface area contributed by atoms with Gasteiger partial charge in [-0.05, 0) is 84.2 Å². The Morgan fingerprint density at radius 2 is 2.06 bits per heavy atom. The quantitative estimate of drug-likeness (QED) is 0.285. The van der Waals surface area contributed by atoms with Crippen LogP contribution < -0.4 is 10.1 Å². The minimum atomic E-state index is -0.400. The fourth-order valence-electron chi connectivity index (χ4n) is 3.58. The maximum Gasteiger partial charge on any atom is 0.341 e. The molecule has 3 heterocycles. The third-order valence-electron chi connectivity index (χ3n) is 4.91. The fraction of sp³-hybridized carbons (Fsp3) is 0.240. The van der Waals surface area contributed by atoms with Crippen LogP contribution in [-0.2, 0) is 11.3 Å². The summed E-state index contributed by atoms with van der Waals surface area (Å²) in [6.45, 7) is 6.53. The molecule has 0 aliphatic carbocycles. The van der Waals surface area contributed by atoms with E-state index in [4.69, 9.17) is 9.47 Å². The van der Waals surface area contributed by atoms with Crippen molar-refractivity contribution in [2.24, 2.45) is 0 Å². The lowest BCUT2D eigenvalue weighted by molar-refractivity contribution is 0.0527. The number of fused-ring (bicyclic) bond motifs is 1. The van der Waals surface area contributed by atoms with E-state index in [0.29, 0.717) is 24.5 Å². The van der Waals surface area contributed by atoms with Crippen LogP contribution in [0.1, 0.15) is 36.7 Å². The maximum atomic E-state index is 12.3. The highest BCUT2D eigenvalue weighted by Gasteiger charge is 2.15. The lowest BCUT2D eigenvalue weighted by Crippen LogP contribution is -2.11. The van der Waals surface area contributed by atoms with Gasteiger partial charge in [0.1, 0.15) is 22.8 Å². The zero-order valence-corrected chi connectivity index (χ0v) is 20.3. The van der Waals surface area contributed by atoms with Crippen LogP contribution in [-0.4, -0.2) is 33.6 Å². The summed E-state index contributed by atoms with van der Waals surface area (Å²) in [4.78, 5) is 24.3. The van der Waals surface area contributed by atoms with Gasteiger partial charge in [0.05, 0.1) is 12.7 Å². The number of pyridine rings is 2. The Kier molecular flexibility index (Phi) is 6.93. The van der Waals surface area contributed by atoms with Gasteiger partial charge >= 0.3 is 5.97 Å². The Hall–Kier alpha value is -3.39. The van der Waals surface area contributed by atoms with E-state index in [9.17, 15) is 4.79 Å². The van der Waals surface area contributed by atoms with Crippen molar-refractivity contribution in [2.75, 3.05) is 11.9 Å². The number of carbonyl (C=O) groups excluding carboxylic acids is 1. The summed E-state index contributed by atoms with van der Waals surface area (Å²) in [5, 5.41) is 4.29. The van der Waals surface area contributed by atoms with Crippen molar-refractivity contribution in [2.45, 2.75) is 33.4 Å². The van der Waals surface area contributed by atoms with E-state index in [0.717, 1.165) is 37.9 Å². The number of nitrogens with zero attached hydrogens (tertiary/aromatic N) is 2. The number of H-pyrrole nitrogens is 1. The first kappa shape index (κ1) is 22.8. The highest BCUT2D eigenvalue weighted by Crippen LogP contribution is 2.33.